The fourth-order valence-corrected chi connectivity index (χ4v) is 3.75. The third-order valence-corrected chi connectivity index (χ3v) is 5.14. The van der Waals surface area contributed by atoms with Crippen LogP contribution in [0.5, 0.6) is 0 Å². The molecule has 1 aromatic carbocycles. The number of amides is 2. The minimum atomic E-state index is -0.258. The minimum absolute atomic E-state index is 0.232. The predicted molar refractivity (Wildman–Crippen MR) is 92.4 cm³/mol. The highest BCUT2D eigenvalue weighted by molar-refractivity contribution is 8.18. The number of carbonyl (C=O) groups is 2. The van der Waals surface area contributed by atoms with Gasteiger partial charge in [0.2, 0.25) is 0 Å². The number of furan rings is 1. The maximum absolute atomic E-state index is 12.1. The van der Waals surface area contributed by atoms with Crippen molar-refractivity contribution in [3.05, 3.63) is 52.6 Å². The molecule has 2 amide bonds. The van der Waals surface area contributed by atoms with Gasteiger partial charge in [0.1, 0.15) is 5.76 Å². The van der Waals surface area contributed by atoms with E-state index >= 15 is 0 Å². The van der Waals surface area contributed by atoms with Gasteiger partial charge >= 0.3 is 0 Å². The molecular weight excluding hydrogens is 330 g/mol. The highest BCUT2D eigenvalue weighted by Gasteiger charge is 2.33. The average Bonchev–Trinajstić information content (AvgIpc) is 3.07. The van der Waals surface area contributed by atoms with Gasteiger partial charge in [-0.25, -0.2) is 0 Å². The van der Waals surface area contributed by atoms with Crippen LogP contribution in [0.25, 0.3) is 6.08 Å². The van der Waals surface area contributed by atoms with Crippen molar-refractivity contribution in [1.82, 2.24) is 4.90 Å². The fourth-order valence-electron chi connectivity index (χ4n) is 2.09. The summed E-state index contributed by atoms with van der Waals surface area (Å²) in [6.45, 7) is 4.21. The smallest absolute Gasteiger partial charge is 0.293 e. The molecule has 118 valence electrons. The summed E-state index contributed by atoms with van der Waals surface area (Å²) in [4.78, 5) is 26.4. The largest absolute Gasteiger partial charge is 0.450 e. The van der Waals surface area contributed by atoms with Crippen LogP contribution >= 0.6 is 23.5 Å². The first-order chi connectivity index (χ1) is 11.1. The van der Waals surface area contributed by atoms with E-state index in [4.69, 9.17) is 4.42 Å². The second-order valence-electron chi connectivity index (χ2n) is 5.00. The van der Waals surface area contributed by atoms with Gasteiger partial charge in [0.05, 0.1) is 4.91 Å². The second kappa shape index (κ2) is 6.68. The summed E-state index contributed by atoms with van der Waals surface area (Å²) in [6.07, 6.45) is 1.62. The van der Waals surface area contributed by atoms with E-state index in [-0.39, 0.29) is 11.1 Å². The zero-order valence-corrected chi connectivity index (χ0v) is 14.4. The van der Waals surface area contributed by atoms with Crippen molar-refractivity contribution in [2.75, 3.05) is 6.54 Å². The van der Waals surface area contributed by atoms with Gasteiger partial charge in [-0.1, -0.05) is 29.5 Å². The third kappa shape index (κ3) is 3.54. The SMILES string of the molecule is CCN1C(=O)S/C(=C\c2ccc(Sc3ccc(C)cc3)o2)C1=O. The first kappa shape index (κ1) is 16.0. The maximum atomic E-state index is 12.1. The first-order valence-electron chi connectivity index (χ1n) is 7.16. The normalized spacial score (nSPS) is 16.6. The summed E-state index contributed by atoms with van der Waals surface area (Å²) >= 11 is 2.46. The number of imide groups is 1. The van der Waals surface area contributed by atoms with Crippen molar-refractivity contribution < 1.29 is 14.0 Å². The molecule has 0 saturated carbocycles. The highest BCUT2D eigenvalue weighted by Crippen LogP contribution is 2.34. The molecule has 0 N–H and O–H groups in total. The van der Waals surface area contributed by atoms with Gasteiger partial charge in [-0.15, -0.1) is 0 Å². The predicted octanol–water partition coefficient (Wildman–Crippen LogP) is 4.80. The molecule has 2 aromatic rings. The Morgan fingerprint density at radius 2 is 1.91 bits per heavy atom. The van der Waals surface area contributed by atoms with Crippen LogP contribution in [-0.4, -0.2) is 22.6 Å². The van der Waals surface area contributed by atoms with Crippen LogP contribution in [0.3, 0.4) is 0 Å². The quantitative estimate of drug-likeness (QED) is 0.745. The number of carbonyl (C=O) groups excluding carboxylic acids is 2. The number of hydrogen-bond acceptors (Lipinski definition) is 5. The first-order valence-corrected chi connectivity index (χ1v) is 8.80. The number of hydrogen-bond donors (Lipinski definition) is 0. The van der Waals surface area contributed by atoms with E-state index in [1.165, 1.54) is 22.2 Å². The van der Waals surface area contributed by atoms with Crippen molar-refractivity contribution in [3.8, 4) is 0 Å². The molecule has 0 aliphatic carbocycles. The summed E-state index contributed by atoms with van der Waals surface area (Å²) < 4.78 is 5.72. The lowest BCUT2D eigenvalue weighted by atomic mass is 10.2. The molecule has 1 aliphatic rings. The summed E-state index contributed by atoms with van der Waals surface area (Å²) in [7, 11) is 0. The molecule has 0 atom stereocenters. The maximum Gasteiger partial charge on any atom is 0.293 e. The van der Waals surface area contributed by atoms with E-state index in [0.29, 0.717) is 17.2 Å². The van der Waals surface area contributed by atoms with Gasteiger partial charge in [0.25, 0.3) is 11.1 Å². The Kier molecular flexibility index (Phi) is 4.63. The number of aryl methyl sites for hydroxylation is 1. The van der Waals surface area contributed by atoms with Crippen LogP contribution in [-0.2, 0) is 4.79 Å². The Morgan fingerprint density at radius 3 is 2.57 bits per heavy atom. The molecule has 23 heavy (non-hydrogen) atoms. The van der Waals surface area contributed by atoms with Gasteiger partial charge in [-0.3, -0.25) is 14.5 Å². The van der Waals surface area contributed by atoms with Crippen LogP contribution in [0.2, 0.25) is 0 Å². The molecule has 2 heterocycles. The fraction of sp³-hybridized carbons (Fsp3) is 0.176. The van der Waals surface area contributed by atoms with E-state index in [9.17, 15) is 9.59 Å². The Balaban J connectivity index is 1.75. The van der Waals surface area contributed by atoms with E-state index < -0.39 is 0 Å². The average molecular weight is 345 g/mol. The van der Waals surface area contributed by atoms with Gasteiger partial charge in [-0.2, -0.15) is 0 Å². The van der Waals surface area contributed by atoms with E-state index in [1.807, 2.05) is 37.3 Å². The minimum Gasteiger partial charge on any atom is -0.450 e. The van der Waals surface area contributed by atoms with Crippen LogP contribution < -0.4 is 0 Å². The zero-order chi connectivity index (χ0) is 16.4. The molecule has 0 unspecified atom stereocenters. The number of benzene rings is 1. The lowest BCUT2D eigenvalue weighted by Crippen LogP contribution is -2.27. The zero-order valence-electron chi connectivity index (χ0n) is 12.7. The van der Waals surface area contributed by atoms with Gasteiger partial charge in [0, 0.05) is 17.5 Å². The molecule has 1 aliphatic heterocycles. The van der Waals surface area contributed by atoms with Crippen molar-refractivity contribution in [1.29, 1.82) is 0 Å². The molecule has 1 aromatic heterocycles. The lowest BCUT2D eigenvalue weighted by Gasteiger charge is -2.06. The van der Waals surface area contributed by atoms with Crippen LogP contribution in [0, 0.1) is 6.92 Å². The van der Waals surface area contributed by atoms with Gasteiger partial charge < -0.3 is 4.42 Å². The summed E-state index contributed by atoms with van der Waals surface area (Å²) in [5.41, 5.74) is 1.21. The third-order valence-electron chi connectivity index (χ3n) is 3.30. The Bertz CT molecular complexity index is 777. The van der Waals surface area contributed by atoms with Crippen LogP contribution in [0.15, 0.2) is 55.7 Å². The van der Waals surface area contributed by atoms with Gasteiger partial charge in [0.15, 0.2) is 5.09 Å². The van der Waals surface area contributed by atoms with Crippen molar-refractivity contribution >= 4 is 40.7 Å². The topological polar surface area (TPSA) is 50.5 Å². The Morgan fingerprint density at radius 1 is 1.17 bits per heavy atom. The number of nitrogens with zero attached hydrogens (tertiary/aromatic N) is 1. The van der Waals surface area contributed by atoms with Crippen molar-refractivity contribution in [2.24, 2.45) is 0 Å². The molecular formula is C17H15NO3S2. The summed E-state index contributed by atoms with van der Waals surface area (Å²) in [5.74, 6) is 0.313. The van der Waals surface area contributed by atoms with Crippen molar-refractivity contribution in [3.63, 3.8) is 0 Å². The number of rotatable bonds is 4. The molecule has 6 heteroatoms. The molecule has 3 rings (SSSR count). The summed E-state index contributed by atoms with van der Waals surface area (Å²) in [6, 6.07) is 11.8. The molecule has 0 bridgehead atoms. The Labute approximate surface area is 142 Å². The van der Waals surface area contributed by atoms with Crippen molar-refractivity contribution in [2.45, 2.75) is 23.8 Å². The standard InChI is InChI=1S/C17H15NO3S2/c1-3-18-16(19)14(23-17(18)20)10-12-6-9-15(21-12)22-13-7-4-11(2)5-8-13/h4-10H,3H2,1-2H3/b14-10-. The molecule has 4 nitrogen and oxygen atoms in total. The molecule has 1 fully saturated rings. The summed E-state index contributed by atoms with van der Waals surface area (Å²) in [5, 5.41) is 0.513. The number of likely N-dealkylation sites (N-methyl/N-ethyl adjacent to an activating group) is 1. The molecule has 1 saturated heterocycles. The molecule has 0 spiro atoms. The highest BCUT2D eigenvalue weighted by atomic mass is 32.2. The molecule has 0 radical (unpaired) electrons. The van der Waals surface area contributed by atoms with E-state index in [0.717, 1.165) is 21.7 Å². The van der Waals surface area contributed by atoms with Crippen LogP contribution in [0.4, 0.5) is 4.79 Å². The van der Waals surface area contributed by atoms with Gasteiger partial charge in [-0.05, 0) is 49.9 Å². The Hall–Kier alpha value is -1.92. The monoisotopic (exact) mass is 345 g/mol. The van der Waals surface area contributed by atoms with E-state index in [1.54, 1.807) is 19.1 Å². The number of thioether (sulfide) groups is 1. The second-order valence-corrected chi connectivity index (χ2v) is 7.07. The van der Waals surface area contributed by atoms with Crippen LogP contribution in [0.1, 0.15) is 18.2 Å². The van der Waals surface area contributed by atoms with E-state index in [2.05, 4.69) is 0 Å². The lowest BCUT2D eigenvalue weighted by molar-refractivity contribution is -0.122.